The Kier molecular flexibility index (Phi) is 5.16. The van der Waals surface area contributed by atoms with E-state index in [4.69, 9.17) is 0 Å². The lowest BCUT2D eigenvalue weighted by Crippen LogP contribution is -2.04. The number of ketones is 1. The summed E-state index contributed by atoms with van der Waals surface area (Å²) in [6.45, 7) is 3.56. The Morgan fingerprint density at radius 2 is 1.57 bits per heavy atom. The smallest absolute Gasteiger partial charge is 0.337 e. The van der Waals surface area contributed by atoms with E-state index in [1.165, 1.54) is 7.11 Å². The second-order valence-corrected chi connectivity index (χ2v) is 5.57. The van der Waals surface area contributed by atoms with Crippen molar-refractivity contribution in [3.8, 4) is 5.75 Å². The van der Waals surface area contributed by atoms with Crippen LogP contribution in [-0.4, -0.2) is 24.0 Å². The van der Waals surface area contributed by atoms with Crippen LogP contribution in [0.4, 0.5) is 0 Å². The van der Waals surface area contributed by atoms with E-state index in [0.717, 1.165) is 5.56 Å². The number of phenolic OH excluding ortho intramolecular Hbond substituents is 1. The Morgan fingerprint density at radius 3 is 2.09 bits per heavy atom. The highest BCUT2D eigenvalue weighted by Crippen LogP contribution is 2.23. The summed E-state index contributed by atoms with van der Waals surface area (Å²) < 4.78 is 4.65. The third kappa shape index (κ3) is 3.97. The highest BCUT2D eigenvalue weighted by molar-refractivity contribution is 5.96. The van der Waals surface area contributed by atoms with E-state index in [0.29, 0.717) is 35.1 Å². The van der Waals surface area contributed by atoms with Gasteiger partial charge in [0.2, 0.25) is 0 Å². The van der Waals surface area contributed by atoms with Crippen molar-refractivity contribution in [1.82, 2.24) is 0 Å². The van der Waals surface area contributed by atoms with Gasteiger partial charge in [-0.1, -0.05) is 12.1 Å². The molecular formula is C19H20O4. The molecule has 0 saturated heterocycles. The summed E-state index contributed by atoms with van der Waals surface area (Å²) in [5, 5.41) is 9.76. The molecule has 0 amide bonds. The number of Topliss-reactive ketones (excluding diaryl/α,β-unsaturated/α-hetero) is 1. The molecule has 23 heavy (non-hydrogen) atoms. The number of carbonyl (C=O) groups is 2. The molecule has 120 valence electrons. The van der Waals surface area contributed by atoms with Crippen LogP contribution in [0.25, 0.3) is 0 Å². The van der Waals surface area contributed by atoms with Crippen LogP contribution in [0, 0.1) is 13.8 Å². The Hall–Kier alpha value is -2.62. The molecule has 2 aromatic rings. The van der Waals surface area contributed by atoms with Gasteiger partial charge in [0.05, 0.1) is 12.7 Å². The molecule has 0 fully saturated rings. The molecule has 0 aromatic heterocycles. The lowest BCUT2D eigenvalue weighted by atomic mass is 9.98. The van der Waals surface area contributed by atoms with Crippen LogP contribution in [0.2, 0.25) is 0 Å². The van der Waals surface area contributed by atoms with Gasteiger partial charge in [-0.2, -0.15) is 0 Å². The fourth-order valence-corrected chi connectivity index (χ4v) is 2.44. The second kappa shape index (κ2) is 7.09. The van der Waals surface area contributed by atoms with E-state index >= 15 is 0 Å². The maximum absolute atomic E-state index is 12.3. The number of esters is 1. The third-order valence-electron chi connectivity index (χ3n) is 3.83. The summed E-state index contributed by atoms with van der Waals surface area (Å²) in [6.07, 6.45) is 0.973. The van der Waals surface area contributed by atoms with Crippen LogP contribution in [0.5, 0.6) is 5.75 Å². The number of carbonyl (C=O) groups excluding carboxylic acids is 2. The van der Waals surface area contributed by atoms with Gasteiger partial charge in [0.1, 0.15) is 5.75 Å². The first kappa shape index (κ1) is 16.7. The van der Waals surface area contributed by atoms with E-state index in [2.05, 4.69) is 4.74 Å². The normalized spacial score (nSPS) is 10.4. The molecule has 1 N–H and O–H groups in total. The van der Waals surface area contributed by atoms with Crippen molar-refractivity contribution >= 4 is 11.8 Å². The van der Waals surface area contributed by atoms with Gasteiger partial charge in [0.15, 0.2) is 5.78 Å². The molecule has 0 saturated carbocycles. The van der Waals surface area contributed by atoms with Gasteiger partial charge in [0.25, 0.3) is 0 Å². The highest BCUT2D eigenvalue weighted by Gasteiger charge is 2.11. The summed E-state index contributed by atoms with van der Waals surface area (Å²) in [6, 6.07) is 10.5. The molecular weight excluding hydrogens is 292 g/mol. The number of rotatable bonds is 5. The number of methoxy groups -OCH3 is 1. The maximum Gasteiger partial charge on any atom is 0.337 e. The van der Waals surface area contributed by atoms with Gasteiger partial charge in [-0.05, 0) is 61.2 Å². The Bertz CT molecular complexity index is 707. The van der Waals surface area contributed by atoms with E-state index in [-0.39, 0.29) is 17.5 Å². The molecule has 2 rings (SSSR count). The monoisotopic (exact) mass is 312 g/mol. The highest BCUT2D eigenvalue weighted by atomic mass is 16.5. The van der Waals surface area contributed by atoms with Crippen molar-refractivity contribution in [1.29, 1.82) is 0 Å². The number of aromatic hydroxyl groups is 1. The minimum Gasteiger partial charge on any atom is -0.507 e. The summed E-state index contributed by atoms with van der Waals surface area (Å²) >= 11 is 0. The summed E-state index contributed by atoms with van der Waals surface area (Å²) in [5.74, 6) is -0.101. The summed E-state index contributed by atoms with van der Waals surface area (Å²) in [5.41, 5.74) is 3.50. The average molecular weight is 312 g/mol. The largest absolute Gasteiger partial charge is 0.507 e. The van der Waals surface area contributed by atoms with E-state index in [1.807, 2.05) is 12.1 Å². The quantitative estimate of drug-likeness (QED) is 0.676. The molecule has 0 aliphatic rings. The molecule has 0 spiro atoms. The van der Waals surface area contributed by atoms with Crippen LogP contribution in [-0.2, 0) is 11.2 Å². The number of ether oxygens (including phenoxy) is 1. The summed E-state index contributed by atoms with van der Waals surface area (Å²) in [4.78, 5) is 23.7. The number of aryl methyl sites for hydroxylation is 3. The van der Waals surface area contributed by atoms with Crippen LogP contribution < -0.4 is 0 Å². The predicted molar refractivity (Wildman–Crippen MR) is 88.0 cm³/mol. The molecule has 0 heterocycles. The molecule has 0 atom stereocenters. The Labute approximate surface area is 135 Å². The molecule has 0 aliphatic carbocycles. The van der Waals surface area contributed by atoms with Crippen molar-refractivity contribution in [2.45, 2.75) is 26.7 Å². The number of benzene rings is 2. The second-order valence-electron chi connectivity index (χ2n) is 5.57. The molecule has 4 nitrogen and oxygen atoms in total. The molecule has 0 aliphatic heterocycles. The standard InChI is InChI=1S/C19H20O4/c1-12-10-16(11-13(2)18(12)21)17(20)9-6-14-4-7-15(8-5-14)19(22)23-3/h4-5,7-8,10-11,21H,6,9H2,1-3H3. The van der Waals surface area contributed by atoms with Crippen molar-refractivity contribution in [2.24, 2.45) is 0 Å². The van der Waals surface area contributed by atoms with Crippen LogP contribution in [0.1, 0.15) is 43.8 Å². The van der Waals surface area contributed by atoms with Crippen LogP contribution >= 0.6 is 0 Å². The van der Waals surface area contributed by atoms with Gasteiger partial charge in [-0.3, -0.25) is 4.79 Å². The first-order chi connectivity index (χ1) is 10.9. The van der Waals surface area contributed by atoms with E-state index in [1.54, 1.807) is 38.1 Å². The summed E-state index contributed by atoms with van der Waals surface area (Å²) in [7, 11) is 1.34. The Morgan fingerprint density at radius 1 is 1.00 bits per heavy atom. The molecule has 4 heteroatoms. The minimum atomic E-state index is -0.373. The first-order valence-corrected chi connectivity index (χ1v) is 7.43. The van der Waals surface area contributed by atoms with Gasteiger partial charge >= 0.3 is 5.97 Å². The topological polar surface area (TPSA) is 63.6 Å². The SMILES string of the molecule is COC(=O)c1ccc(CCC(=O)c2cc(C)c(O)c(C)c2)cc1. The van der Waals surface area contributed by atoms with Gasteiger partial charge in [-0.15, -0.1) is 0 Å². The van der Waals surface area contributed by atoms with Crippen molar-refractivity contribution in [3.05, 3.63) is 64.2 Å². The van der Waals surface area contributed by atoms with Crippen LogP contribution in [0.15, 0.2) is 36.4 Å². The average Bonchev–Trinajstić information content (AvgIpc) is 2.56. The first-order valence-electron chi connectivity index (χ1n) is 7.43. The zero-order chi connectivity index (χ0) is 17.0. The van der Waals surface area contributed by atoms with Gasteiger partial charge in [0, 0.05) is 12.0 Å². The lowest BCUT2D eigenvalue weighted by Gasteiger charge is -2.07. The Balaban J connectivity index is 2.03. The minimum absolute atomic E-state index is 0.0354. The van der Waals surface area contributed by atoms with Crippen LogP contribution in [0.3, 0.4) is 0 Å². The zero-order valence-electron chi connectivity index (χ0n) is 13.6. The van der Waals surface area contributed by atoms with Crippen molar-refractivity contribution < 1.29 is 19.4 Å². The molecule has 0 radical (unpaired) electrons. The van der Waals surface area contributed by atoms with E-state index < -0.39 is 0 Å². The predicted octanol–water partition coefficient (Wildman–Crippen LogP) is 3.61. The van der Waals surface area contributed by atoms with Gasteiger partial charge < -0.3 is 9.84 Å². The molecule has 0 unspecified atom stereocenters. The third-order valence-corrected chi connectivity index (χ3v) is 3.83. The maximum atomic E-state index is 12.3. The lowest BCUT2D eigenvalue weighted by molar-refractivity contribution is 0.0600. The van der Waals surface area contributed by atoms with Gasteiger partial charge in [-0.25, -0.2) is 4.79 Å². The molecule has 2 aromatic carbocycles. The fourth-order valence-electron chi connectivity index (χ4n) is 2.44. The molecule has 0 bridgehead atoms. The van der Waals surface area contributed by atoms with Crippen molar-refractivity contribution in [3.63, 3.8) is 0 Å². The number of hydrogen-bond acceptors (Lipinski definition) is 4. The number of hydrogen-bond donors (Lipinski definition) is 1. The fraction of sp³-hybridized carbons (Fsp3) is 0.263. The van der Waals surface area contributed by atoms with Crippen molar-refractivity contribution in [2.75, 3.05) is 7.11 Å². The van der Waals surface area contributed by atoms with E-state index in [9.17, 15) is 14.7 Å². The zero-order valence-corrected chi connectivity index (χ0v) is 13.6. The number of phenols is 1.